The van der Waals surface area contributed by atoms with E-state index in [0.717, 1.165) is 24.3 Å². The predicted molar refractivity (Wildman–Crippen MR) is 86.4 cm³/mol. The van der Waals surface area contributed by atoms with E-state index in [4.69, 9.17) is 5.11 Å². The zero-order valence-corrected chi connectivity index (χ0v) is 14.0. The van der Waals surface area contributed by atoms with E-state index in [0.29, 0.717) is 6.07 Å². The van der Waals surface area contributed by atoms with Crippen LogP contribution in [0.4, 0.5) is 20.2 Å². The number of nitro groups is 1. The summed E-state index contributed by atoms with van der Waals surface area (Å²) in [6.45, 7) is 0.184. The van der Waals surface area contributed by atoms with Crippen LogP contribution in [0.15, 0.2) is 41.3 Å². The van der Waals surface area contributed by atoms with Gasteiger partial charge in [0, 0.05) is 18.2 Å². The molecule has 0 aliphatic rings. The Hall–Kier alpha value is -3.08. The summed E-state index contributed by atoms with van der Waals surface area (Å²) in [5.74, 6) is -3.87. The van der Waals surface area contributed by atoms with Gasteiger partial charge in [-0.2, -0.15) is 0 Å². The van der Waals surface area contributed by atoms with Gasteiger partial charge in [-0.1, -0.05) is 6.07 Å². The topological polar surface area (TPSA) is 118 Å². The fourth-order valence-electron chi connectivity index (χ4n) is 2.20. The van der Waals surface area contributed by atoms with Gasteiger partial charge in [-0.05, 0) is 24.6 Å². The van der Waals surface area contributed by atoms with Gasteiger partial charge in [-0.3, -0.25) is 19.2 Å². The molecular formula is C15H12F2N2O6S. The van der Waals surface area contributed by atoms with Gasteiger partial charge in [0.25, 0.3) is 15.7 Å². The summed E-state index contributed by atoms with van der Waals surface area (Å²) in [7, 11) is -4.69. The molecule has 0 aliphatic heterocycles. The first-order valence-electron chi connectivity index (χ1n) is 6.98. The number of non-ortho nitro benzene ring substituents is 1. The first-order chi connectivity index (χ1) is 12.0. The molecule has 0 aromatic heterocycles. The maximum atomic E-state index is 14.1. The van der Waals surface area contributed by atoms with E-state index in [9.17, 15) is 32.1 Å². The van der Waals surface area contributed by atoms with Gasteiger partial charge in [-0.15, -0.1) is 0 Å². The van der Waals surface area contributed by atoms with E-state index >= 15 is 0 Å². The molecule has 0 atom stereocenters. The zero-order chi connectivity index (χ0) is 19.6. The molecule has 2 aromatic rings. The molecule has 0 unspecified atom stereocenters. The average molecular weight is 386 g/mol. The number of rotatable bonds is 6. The van der Waals surface area contributed by atoms with Crippen molar-refractivity contribution in [1.29, 1.82) is 0 Å². The van der Waals surface area contributed by atoms with Crippen molar-refractivity contribution in [2.45, 2.75) is 11.8 Å². The lowest BCUT2D eigenvalue weighted by Gasteiger charge is -2.24. The smallest absolute Gasteiger partial charge is 0.324 e. The molecule has 138 valence electrons. The molecule has 0 saturated heterocycles. The highest BCUT2D eigenvalue weighted by molar-refractivity contribution is 7.93. The second-order valence-electron chi connectivity index (χ2n) is 5.21. The van der Waals surface area contributed by atoms with Crippen LogP contribution in [0.5, 0.6) is 0 Å². The second-order valence-corrected chi connectivity index (χ2v) is 7.04. The molecule has 26 heavy (non-hydrogen) atoms. The lowest BCUT2D eigenvalue weighted by molar-refractivity contribution is -0.385. The minimum absolute atomic E-state index is 0.0912. The standard InChI is InChI=1S/C15H12F2N2O6S/c1-9-2-4-11(19(22)23)7-14(9)26(24,25)18(8-15(20)21)13-5-3-10(16)6-12(13)17/h2-7H,8H2,1H3,(H,20,21). The first-order valence-corrected chi connectivity index (χ1v) is 8.42. The number of aliphatic carboxylic acids is 1. The Morgan fingerprint density at radius 1 is 1.23 bits per heavy atom. The molecule has 0 amide bonds. The molecular weight excluding hydrogens is 374 g/mol. The van der Waals surface area contributed by atoms with Crippen LogP contribution in [0.2, 0.25) is 0 Å². The van der Waals surface area contributed by atoms with Crippen molar-refractivity contribution in [3.63, 3.8) is 0 Å². The highest BCUT2D eigenvalue weighted by Gasteiger charge is 2.31. The summed E-state index contributed by atoms with van der Waals surface area (Å²) >= 11 is 0. The number of sulfonamides is 1. The van der Waals surface area contributed by atoms with Crippen LogP contribution in [0, 0.1) is 28.7 Å². The largest absolute Gasteiger partial charge is 0.480 e. The van der Waals surface area contributed by atoms with Crippen LogP contribution in [-0.2, 0) is 14.8 Å². The SMILES string of the molecule is Cc1ccc([N+](=O)[O-])cc1S(=O)(=O)N(CC(=O)O)c1ccc(F)cc1F. The normalized spacial score (nSPS) is 11.2. The lowest BCUT2D eigenvalue weighted by Crippen LogP contribution is -2.36. The Morgan fingerprint density at radius 2 is 1.88 bits per heavy atom. The zero-order valence-electron chi connectivity index (χ0n) is 13.2. The molecule has 0 saturated carbocycles. The van der Waals surface area contributed by atoms with Crippen molar-refractivity contribution in [2.24, 2.45) is 0 Å². The van der Waals surface area contributed by atoms with Gasteiger partial charge >= 0.3 is 5.97 Å². The molecule has 2 rings (SSSR count). The third-order valence-corrected chi connectivity index (χ3v) is 5.31. The summed E-state index contributed by atoms with van der Waals surface area (Å²) < 4.78 is 53.1. The summed E-state index contributed by atoms with van der Waals surface area (Å²) in [6, 6.07) is 4.95. The third kappa shape index (κ3) is 3.77. The van der Waals surface area contributed by atoms with Crippen molar-refractivity contribution in [2.75, 3.05) is 10.8 Å². The fraction of sp³-hybridized carbons (Fsp3) is 0.133. The van der Waals surface area contributed by atoms with Crippen molar-refractivity contribution in [3.8, 4) is 0 Å². The highest BCUT2D eigenvalue weighted by Crippen LogP contribution is 2.30. The Morgan fingerprint density at radius 3 is 2.42 bits per heavy atom. The Labute approximate surface area is 146 Å². The molecule has 11 heteroatoms. The van der Waals surface area contributed by atoms with Crippen LogP contribution < -0.4 is 4.31 Å². The summed E-state index contributed by atoms with van der Waals surface area (Å²) in [4.78, 5) is 20.6. The summed E-state index contributed by atoms with van der Waals surface area (Å²) in [5.41, 5.74) is -1.14. The van der Waals surface area contributed by atoms with Crippen LogP contribution in [-0.4, -0.2) is 31.0 Å². The van der Waals surface area contributed by atoms with Crippen LogP contribution in [0.25, 0.3) is 0 Å². The molecule has 0 heterocycles. The molecule has 0 aliphatic carbocycles. The first kappa shape index (κ1) is 19.2. The van der Waals surface area contributed by atoms with E-state index in [1.807, 2.05) is 0 Å². The Kier molecular flexibility index (Phi) is 5.21. The van der Waals surface area contributed by atoms with Crippen LogP contribution in [0.1, 0.15) is 5.56 Å². The quantitative estimate of drug-likeness (QED) is 0.602. The molecule has 8 nitrogen and oxygen atoms in total. The number of halogens is 2. The summed E-state index contributed by atoms with van der Waals surface area (Å²) in [6.07, 6.45) is 0. The van der Waals surface area contributed by atoms with Gasteiger partial charge in [0.1, 0.15) is 18.2 Å². The average Bonchev–Trinajstić information content (AvgIpc) is 2.53. The second kappa shape index (κ2) is 7.04. The maximum Gasteiger partial charge on any atom is 0.324 e. The predicted octanol–water partition coefficient (Wildman–Crippen LogP) is 2.46. The van der Waals surface area contributed by atoms with Crippen molar-refractivity contribution >= 4 is 27.4 Å². The van der Waals surface area contributed by atoms with Gasteiger partial charge in [0.2, 0.25) is 0 Å². The number of benzene rings is 2. The van der Waals surface area contributed by atoms with Gasteiger partial charge < -0.3 is 5.11 Å². The third-order valence-electron chi connectivity index (χ3n) is 3.41. The van der Waals surface area contributed by atoms with E-state index < -0.39 is 55.4 Å². The minimum atomic E-state index is -4.69. The molecule has 0 bridgehead atoms. The summed E-state index contributed by atoms with van der Waals surface area (Å²) in [5, 5.41) is 19.9. The molecule has 0 spiro atoms. The van der Waals surface area contributed by atoms with Gasteiger partial charge in [-0.25, -0.2) is 17.2 Å². The van der Waals surface area contributed by atoms with Gasteiger partial charge in [0.15, 0.2) is 0 Å². The number of anilines is 1. The number of hydrogen-bond acceptors (Lipinski definition) is 5. The number of carboxylic acid groups (broad SMARTS) is 1. The minimum Gasteiger partial charge on any atom is -0.480 e. The van der Waals surface area contributed by atoms with Crippen molar-refractivity contribution in [1.82, 2.24) is 0 Å². The highest BCUT2D eigenvalue weighted by atomic mass is 32.2. The van der Waals surface area contributed by atoms with E-state index in [-0.39, 0.29) is 9.87 Å². The molecule has 0 fully saturated rings. The number of carbonyl (C=O) groups is 1. The van der Waals surface area contributed by atoms with Crippen molar-refractivity contribution < 1.29 is 32.0 Å². The van der Waals surface area contributed by atoms with E-state index in [1.54, 1.807) is 0 Å². The Balaban J connectivity index is 2.69. The molecule has 2 aromatic carbocycles. The maximum absolute atomic E-state index is 14.1. The van der Waals surface area contributed by atoms with E-state index in [1.165, 1.54) is 13.0 Å². The van der Waals surface area contributed by atoms with Crippen LogP contribution in [0.3, 0.4) is 0 Å². The number of nitro benzene ring substituents is 1. The fourth-order valence-corrected chi connectivity index (χ4v) is 3.87. The van der Waals surface area contributed by atoms with Gasteiger partial charge in [0.05, 0.1) is 15.5 Å². The van der Waals surface area contributed by atoms with Crippen LogP contribution >= 0.6 is 0 Å². The lowest BCUT2D eigenvalue weighted by atomic mass is 10.2. The van der Waals surface area contributed by atoms with E-state index in [2.05, 4.69) is 0 Å². The Bertz CT molecular complexity index is 994. The van der Waals surface area contributed by atoms with Crippen molar-refractivity contribution in [3.05, 3.63) is 63.7 Å². The molecule has 0 radical (unpaired) electrons. The monoisotopic (exact) mass is 386 g/mol. The number of hydrogen-bond donors (Lipinski definition) is 1. The number of carboxylic acids is 1. The molecule has 1 N–H and O–H groups in total. The number of nitrogens with zero attached hydrogens (tertiary/aromatic N) is 2. The number of aryl methyl sites for hydroxylation is 1.